The number of nitrogens with zero attached hydrogens (tertiary/aromatic N) is 3. The third-order valence-corrected chi connectivity index (χ3v) is 4.98. The molecule has 3 N–H and O–H groups in total. The highest BCUT2D eigenvalue weighted by Gasteiger charge is 2.27. The van der Waals surface area contributed by atoms with Crippen molar-refractivity contribution in [2.24, 2.45) is 0 Å². The fourth-order valence-corrected chi connectivity index (χ4v) is 3.80. The second-order valence-electron chi connectivity index (χ2n) is 5.63. The highest BCUT2D eigenvalue weighted by molar-refractivity contribution is 7.16. The summed E-state index contributed by atoms with van der Waals surface area (Å²) >= 11 is 1.52. The van der Waals surface area contributed by atoms with E-state index in [0.29, 0.717) is 28.7 Å². The van der Waals surface area contributed by atoms with Gasteiger partial charge in [-0.1, -0.05) is 6.92 Å². The third-order valence-electron chi connectivity index (χ3n) is 3.92. The molecule has 1 unspecified atom stereocenters. The normalized spacial score (nSPS) is 16.0. The predicted molar refractivity (Wildman–Crippen MR) is 94.9 cm³/mol. The summed E-state index contributed by atoms with van der Waals surface area (Å²) in [6.07, 6.45) is 0.795. The molecule has 7 nitrogen and oxygen atoms in total. The number of amides is 1. The van der Waals surface area contributed by atoms with Crippen molar-refractivity contribution in [3.63, 3.8) is 0 Å². The molecule has 1 aliphatic rings. The molecule has 3 heterocycles. The summed E-state index contributed by atoms with van der Waals surface area (Å²) in [6, 6.07) is 1.91. The van der Waals surface area contributed by atoms with E-state index in [1.54, 1.807) is 13.8 Å². The van der Waals surface area contributed by atoms with Crippen LogP contribution in [0.4, 0.5) is 22.3 Å². The second kappa shape index (κ2) is 6.09. The molecule has 24 heavy (non-hydrogen) atoms. The Bertz CT molecular complexity index is 866. The number of rotatable bonds is 3. The summed E-state index contributed by atoms with van der Waals surface area (Å²) in [4.78, 5) is 21.8. The zero-order valence-corrected chi connectivity index (χ0v) is 14.8. The van der Waals surface area contributed by atoms with Crippen molar-refractivity contribution >= 4 is 39.6 Å². The molecule has 124 valence electrons. The molecule has 0 fully saturated rings. The maximum atomic E-state index is 12.0. The molecule has 0 bridgehead atoms. The lowest BCUT2D eigenvalue weighted by molar-refractivity contribution is -0.116. The van der Waals surface area contributed by atoms with Gasteiger partial charge in [0.2, 0.25) is 5.91 Å². The Kier molecular flexibility index (Phi) is 4.11. The highest BCUT2D eigenvalue weighted by Crippen LogP contribution is 2.38. The zero-order valence-electron chi connectivity index (χ0n) is 13.9. The van der Waals surface area contributed by atoms with Crippen molar-refractivity contribution in [2.45, 2.75) is 40.2 Å². The van der Waals surface area contributed by atoms with Crippen molar-refractivity contribution in [3.8, 4) is 6.07 Å². The summed E-state index contributed by atoms with van der Waals surface area (Å²) in [5, 5.41) is 19.3. The molecule has 1 atom stereocenters. The van der Waals surface area contributed by atoms with Crippen LogP contribution in [0.5, 0.6) is 0 Å². The lowest BCUT2D eigenvalue weighted by Crippen LogP contribution is -2.37. The van der Waals surface area contributed by atoms with Crippen LogP contribution in [0.1, 0.15) is 35.7 Å². The highest BCUT2D eigenvalue weighted by atomic mass is 32.1. The van der Waals surface area contributed by atoms with E-state index in [-0.39, 0.29) is 11.9 Å². The maximum absolute atomic E-state index is 12.0. The lowest BCUT2D eigenvalue weighted by atomic mass is 10.1. The Morgan fingerprint density at radius 1 is 1.38 bits per heavy atom. The van der Waals surface area contributed by atoms with Gasteiger partial charge in [0, 0.05) is 4.88 Å². The van der Waals surface area contributed by atoms with E-state index in [4.69, 9.17) is 0 Å². The molecule has 0 radical (unpaired) electrons. The molecule has 0 saturated carbocycles. The van der Waals surface area contributed by atoms with Gasteiger partial charge in [0.15, 0.2) is 11.6 Å². The van der Waals surface area contributed by atoms with Crippen LogP contribution in [0, 0.1) is 25.2 Å². The number of aromatic nitrogens is 2. The molecule has 0 spiro atoms. The standard InChI is InChI=1S/C16H18N6OS/c1-5-10-8(3)24-16(11(10)6-17)22-14-12-13(19-9(4)20-14)18-7(2)15(23)21-12/h7H,5H2,1-4H3,(H,21,23)(H2,18,19,20,22). The Hall–Kier alpha value is -2.66. The van der Waals surface area contributed by atoms with Gasteiger partial charge >= 0.3 is 0 Å². The fraction of sp³-hybridized carbons (Fsp3) is 0.375. The molecular formula is C16H18N6OS. The number of nitrogens with one attached hydrogen (secondary N) is 3. The van der Waals surface area contributed by atoms with E-state index in [2.05, 4.69) is 32.0 Å². The molecule has 0 aromatic carbocycles. The average molecular weight is 342 g/mol. The van der Waals surface area contributed by atoms with Crippen molar-refractivity contribution in [2.75, 3.05) is 16.0 Å². The zero-order chi connectivity index (χ0) is 17.4. The smallest absolute Gasteiger partial charge is 0.246 e. The number of carbonyl (C=O) groups excluding carboxylic acids is 1. The van der Waals surface area contributed by atoms with E-state index in [1.165, 1.54) is 11.3 Å². The van der Waals surface area contributed by atoms with E-state index >= 15 is 0 Å². The number of thiophene rings is 1. The first-order valence-corrected chi connectivity index (χ1v) is 8.51. The van der Waals surface area contributed by atoms with Crippen LogP contribution >= 0.6 is 11.3 Å². The van der Waals surface area contributed by atoms with E-state index in [9.17, 15) is 10.1 Å². The Balaban J connectivity index is 2.06. The number of nitriles is 1. The first-order chi connectivity index (χ1) is 11.4. The molecule has 2 aromatic heterocycles. The van der Waals surface area contributed by atoms with Crippen molar-refractivity contribution in [3.05, 3.63) is 21.8 Å². The first kappa shape index (κ1) is 16.2. The molecule has 8 heteroatoms. The van der Waals surface area contributed by atoms with Crippen molar-refractivity contribution in [1.29, 1.82) is 5.26 Å². The van der Waals surface area contributed by atoms with Crippen LogP contribution in [0.3, 0.4) is 0 Å². The SMILES string of the molecule is CCc1c(C)sc(Nc2nc(C)nc3c2NC(=O)C(C)N3)c1C#N. The minimum atomic E-state index is -0.356. The van der Waals surface area contributed by atoms with Gasteiger partial charge in [0.25, 0.3) is 0 Å². The Morgan fingerprint density at radius 2 is 2.12 bits per heavy atom. The van der Waals surface area contributed by atoms with Crippen LogP contribution < -0.4 is 16.0 Å². The van der Waals surface area contributed by atoms with Crippen LogP contribution in [0.25, 0.3) is 0 Å². The van der Waals surface area contributed by atoms with E-state index < -0.39 is 0 Å². The average Bonchev–Trinajstić information content (AvgIpc) is 2.83. The monoisotopic (exact) mass is 342 g/mol. The third kappa shape index (κ3) is 2.67. The van der Waals surface area contributed by atoms with Crippen LogP contribution in [0.2, 0.25) is 0 Å². The van der Waals surface area contributed by atoms with Crippen molar-refractivity contribution in [1.82, 2.24) is 9.97 Å². The fourth-order valence-electron chi connectivity index (χ4n) is 2.71. The summed E-state index contributed by atoms with van der Waals surface area (Å²) in [6.45, 7) is 7.59. The van der Waals surface area contributed by atoms with E-state index in [1.807, 2.05) is 13.8 Å². The number of hydrogen-bond donors (Lipinski definition) is 3. The number of aryl methyl sites for hydroxylation is 2. The second-order valence-corrected chi connectivity index (χ2v) is 6.85. The van der Waals surface area contributed by atoms with E-state index in [0.717, 1.165) is 21.9 Å². The van der Waals surface area contributed by atoms with Gasteiger partial charge in [-0.2, -0.15) is 5.26 Å². The largest absolute Gasteiger partial charge is 0.357 e. The van der Waals surface area contributed by atoms with Gasteiger partial charge in [-0.3, -0.25) is 4.79 Å². The van der Waals surface area contributed by atoms with Gasteiger partial charge in [-0.15, -0.1) is 11.3 Å². The van der Waals surface area contributed by atoms with Crippen LogP contribution in [-0.2, 0) is 11.2 Å². The molecule has 2 aromatic rings. The summed E-state index contributed by atoms with van der Waals surface area (Å²) in [5.74, 6) is 1.51. The molecule has 1 amide bonds. The summed E-state index contributed by atoms with van der Waals surface area (Å²) < 4.78 is 0. The number of fused-ring (bicyclic) bond motifs is 1. The van der Waals surface area contributed by atoms with Gasteiger partial charge in [0.1, 0.15) is 28.6 Å². The maximum Gasteiger partial charge on any atom is 0.246 e. The minimum absolute atomic E-state index is 0.143. The molecule has 0 aliphatic carbocycles. The van der Waals surface area contributed by atoms with Crippen molar-refractivity contribution < 1.29 is 4.79 Å². The topological polar surface area (TPSA) is 103 Å². The van der Waals surface area contributed by atoms with Gasteiger partial charge in [0.05, 0.1) is 5.56 Å². The molecule has 1 aliphatic heterocycles. The predicted octanol–water partition coefficient (Wildman–Crippen LogP) is 3.09. The van der Waals surface area contributed by atoms with Gasteiger partial charge < -0.3 is 16.0 Å². The molecular weight excluding hydrogens is 324 g/mol. The molecule has 3 rings (SSSR count). The Morgan fingerprint density at radius 3 is 2.79 bits per heavy atom. The van der Waals surface area contributed by atoms with Crippen LogP contribution in [-0.4, -0.2) is 21.9 Å². The number of anilines is 4. The minimum Gasteiger partial charge on any atom is -0.357 e. The van der Waals surface area contributed by atoms with Gasteiger partial charge in [-0.25, -0.2) is 9.97 Å². The summed E-state index contributed by atoms with van der Waals surface area (Å²) in [5.41, 5.74) is 2.19. The Labute approximate surface area is 144 Å². The quantitative estimate of drug-likeness (QED) is 0.792. The summed E-state index contributed by atoms with van der Waals surface area (Å²) in [7, 11) is 0. The number of carbonyl (C=O) groups is 1. The number of hydrogen-bond acceptors (Lipinski definition) is 7. The molecule has 0 saturated heterocycles. The van der Waals surface area contributed by atoms with Crippen LogP contribution in [0.15, 0.2) is 0 Å². The first-order valence-electron chi connectivity index (χ1n) is 7.70. The van der Waals surface area contributed by atoms with Gasteiger partial charge in [-0.05, 0) is 32.8 Å². The lowest BCUT2D eigenvalue weighted by Gasteiger charge is -2.25.